The molecule has 0 radical (unpaired) electrons. The lowest BCUT2D eigenvalue weighted by molar-refractivity contribution is -0.123. The van der Waals surface area contributed by atoms with Crippen LogP contribution in [0.3, 0.4) is 0 Å². The van der Waals surface area contributed by atoms with Gasteiger partial charge in [0, 0.05) is 17.4 Å². The van der Waals surface area contributed by atoms with Crippen LogP contribution in [0.15, 0.2) is 22.7 Å². The lowest BCUT2D eigenvalue weighted by Gasteiger charge is -2.18. The number of nitrogens with two attached hydrogens (primary N) is 1. The largest absolute Gasteiger partial charge is 0.369 e. The first-order valence-corrected chi connectivity index (χ1v) is 6.14. The van der Waals surface area contributed by atoms with Gasteiger partial charge >= 0.3 is 0 Å². The molecule has 0 aromatic heterocycles. The Morgan fingerprint density at radius 2 is 2.24 bits per heavy atom. The molecule has 1 aromatic carbocycles. The Bertz CT molecular complexity index is 487. The number of hydrogen-bond acceptors (Lipinski definition) is 2. The Balaban J connectivity index is 2.32. The highest BCUT2D eigenvalue weighted by molar-refractivity contribution is 9.10. The molecule has 0 aliphatic carbocycles. The van der Waals surface area contributed by atoms with E-state index >= 15 is 0 Å². The molecule has 2 rings (SSSR count). The summed E-state index contributed by atoms with van der Waals surface area (Å²) >= 11 is 3.41. The molecule has 4 nitrogen and oxygen atoms in total. The van der Waals surface area contributed by atoms with Gasteiger partial charge in [-0.15, -0.1) is 0 Å². The van der Waals surface area contributed by atoms with Gasteiger partial charge in [-0.05, 0) is 40.5 Å². The second kappa shape index (κ2) is 4.49. The summed E-state index contributed by atoms with van der Waals surface area (Å²) in [6.07, 6.45) is 0.204. The highest BCUT2D eigenvalue weighted by Crippen LogP contribution is 2.32. The van der Waals surface area contributed by atoms with E-state index in [1.54, 1.807) is 4.90 Å². The molecule has 1 atom stereocenters. The number of aryl methyl sites for hydroxylation is 1. The average Bonchev–Trinajstić information content (AvgIpc) is 2.64. The number of carbonyl (C=O) groups is 2. The number of carbonyl (C=O) groups excluding carboxylic acids is 2. The summed E-state index contributed by atoms with van der Waals surface area (Å²) in [6, 6.07) is 5.78. The van der Waals surface area contributed by atoms with Crippen molar-refractivity contribution in [2.45, 2.75) is 13.3 Å². The molecule has 1 heterocycles. The van der Waals surface area contributed by atoms with E-state index in [4.69, 9.17) is 5.73 Å². The third-order valence-corrected chi connectivity index (χ3v) is 3.59. The van der Waals surface area contributed by atoms with E-state index in [9.17, 15) is 9.59 Å². The quantitative estimate of drug-likeness (QED) is 0.901. The SMILES string of the molecule is Cc1ccc(Br)c(N2CC(C(N)=O)CC2=O)c1. The summed E-state index contributed by atoms with van der Waals surface area (Å²) in [5, 5.41) is 0. The fourth-order valence-corrected chi connectivity index (χ4v) is 2.42. The monoisotopic (exact) mass is 296 g/mol. The Morgan fingerprint density at radius 3 is 2.82 bits per heavy atom. The minimum atomic E-state index is -0.412. The van der Waals surface area contributed by atoms with Crippen LogP contribution in [0.4, 0.5) is 5.69 Å². The molecule has 1 aromatic rings. The number of halogens is 1. The van der Waals surface area contributed by atoms with E-state index in [0.717, 1.165) is 15.7 Å². The van der Waals surface area contributed by atoms with Crippen LogP contribution in [0, 0.1) is 12.8 Å². The Morgan fingerprint density at radius 1 is 1.53 bits per heavy atom. The van der Waals surface area contributed by atoms with Crippen LogP contribution >= 0.6 is 15.9 Å². The molecule has 1 saturated heterocycles. The minimum Gasteiger partial charge on any atom is -0.369 e. The Labute approximate surface area is 108 Å². The highest BCUT2D eigenvalue weighted by Gasteiger charge is 2.34. The molecule has 1 aliphatic heterocycles. The number of rotatable bonds is 2. The first-order chi connectivity index (χ1) is 7.99. The third kappa shape index (κ3) is 2.34. The number of amides is 2. The van der Waals surface area contributed by atoms with Crippen LogP contribution in [0.1, 0.15) is 12.0 Å². The minimum absolute atomic E-state index is 0.0555. The number of hydrogen-bond donors (Lipinski definition) is 1. The maximum atomic E-state index is 11.9. The van der Waals surface area contributed by atoms with Crippen molar-refractivity contribution >= 4 is 33.4 Å². The summed E-state index contributed by atoms with van der Waals surface area (Å²) in [7, 11) is 0. The molecular formula is C12H13BrN2O2. The predicted octanol–water partition coefficient (Wildman–Crippen LogP) is 1.60. The predicted molar refractivity (Wildman–Crippen MR) is 68.5 cm³/mol. The van der Waals surface area contributed by atoms with Crippen molar-refractivity contribution in [2.75, 3.05) is 11.4 Å². The summed E-state index contributed by atoms with van der Waals surface area (Å²) in [5.74, 6) is -0.848. The molecule has 2 amide bonds. The third-order valence-electron chi connectivity index (χ3n) is 2.92. The number of primary amides is 1. The summed E-state index contributed by atoms with van der Waals surface area (Å²) in [4.78, 5) is 24.6. The summed E-state index contributed by atoms with van der Waals surface area (Å²) in [5.41, 5.74) is 7.11. The molecule has 1 aliphatic rings. The first-order valence-electron chi connectivity index (χ1n) is 5.35. The van der Waals surface area contributed by atoms with Gasteiger partial charge in [0.25, 0.3) is 0 Å². The molecule has 90 valence electrons. The lowest BCUT2D eigenvalue weighted by atomic mass is 10.1. The van der Waals surface area contributed by atoms with Crippen molar-refractivity contribution in [1.29, 1.82) is 0 Å². The zero-order chi connectivity index (χ0) is 12.6. The lowest BCUT2D eigenvalue weighted by Crippen LogP contribution is -2.28. The van der Waals surface area contributed by atoms with Gasteiger partial charge < -0.3 is 10.6 Å². The van der Waals surface area contributed by atoms with Crippen molar-refractivity contribution in [3.63, 3.8) is 0 Å². The summed E-state index contributed by atoms with van der Waals surface area (Å²) < 4.78 is 0.849. The smallest absolute Gasteiger partial charge is 0.227 e. The normalized spacial score (nSPS) is 19.8. The van der Waals surface area contributed by atoms with Crippen LogP contribution in [0.25, 0.3) is 0 Å². The molecule has 1 fully saturated rings. The van der Waals surface area contributed by atoms with Crippen molar-refractivity contribution in [3.05, 3.63) is 28.2 Å². The number of nitrogens with zero attached hydrogens (tertiary/aromatic N) is 1. The molecule has 0 spiro atoms. The van der Waals surface area contributed by atoms with Gasteiger partial charge in [-0.3, -0.25) is 9.59 Å². The highest BCUT2D eigenvalue weighted by atomic mass is 79.9. The average molecular weight is 297 g/mol. The zero-order valence-corrected chi connectivity index (χ0v) is 11.0. The van der Waals surface area contributed by atoms with Crippen LogP contribution in [0.5, 0.6) is 0 Å². The van der Waals surface area contributed by atoms with Gasteiger partial charge in [-0.2, -0.15) is 0 Å². The molecule has 17 heavy (non-hydrogen) atoms. The van der Waals surface area contributed by atoms with Gasteiger partial charge in [0.2, 0.25) is 11.8 Å². The molecule has 0 bridgehead atoms. The van der Waals surface area contributed by atoms with Gasteiger partial charge in [0.05, 0.1) is 11.6 Å². The van der Waals surface area contributed by atoms with Gasteiger partial charge in [0.1, 0.15) is 0 Å². The van der Waals surface area contributed by atoms with Crippen LogP contribution in [0.2, 0.25) is 0 Å². The van der Waals surface area contributed by atoms with Crippen molar-refractivity contribution in [3.8, 4) is 0 Å². The fraction of sp³-hybridized carbons (Fsp3) is 0.333. The number of anilines is 1. The maximum Gasteiger partial charge on any atom is 0.227 e. The zero-order valence-electron chi connectivity index (χ0n) is 9.44. The van der Waals surface area contributed by atoms with Crippen LogP contribution in [-0.4, -0.2) is 18.4 Å². The molecule has 2 N–H and O–H groups in total. The number of benzene rings is 1. The first kappa shape index (κ1) is 12.1. The second-order valence-electron chi connectivity index (χ2n) is 4.26. The molecule has 0 saturated carbocycles. The topological polar surface area (TPSA) is 63.4 Å². The molecular weight excluding hydrogens is 284 g/mol. The molecule has 1 unspecified atom stereocenters. The van der Waals surface area contributed by atoms with Crippen molar-refractivity contribution < 1.29 is 9.59 Å². The van der Waals surface area contributed by atoms with E-state index < -0.39 is 5.91 Å². The van der Waals surface area contributed by atoms with Crippen molar-refractivity contribution in [1.82, 2.24) is 0 Å². The van der Waals surface area contributed by atoms with Crippen molar-refractivity contribution in [2.24, 2.45) is 11.7 Å². The molecule has 5 heteroatoms. The standard InChI is InChI=1S/C12H13BrN2O2/c1-7-2-3-9(13)10(4-7)15-6-8(12(14)17)5-11(15)16/h2-4,8H,5-6H2,1H3,(H2,14,17). The van der Waals surface area contributed by atoms with Gasteiger partial charge in [-0.1, -0.05) is 6.07 Å². The summed E-state index contributed by atoms with van der Waals surface area (Å²) in [6.45, 7) is 2.33. The Kier molecular flexibility index (Phi) is 3.19. The van der Waals surface area contributed by atoms with Crippen LogP contribution in [-0.2, 0) is 9.59 Å². The maximum absolute atomic E-state index is 11.9. The second-order valence-corrected chi connectivity index (χ2v) is 5.12. The van der Waals surface area contributed by atoms with E-state index in [0.29, 0.717) is 6.54 Å². The fourth-order valence-electron chi connectivity index (χ4n) is 1.96. The van der Waals surface area contributed by atoms with E-state index in [2.05, 4.69) is 15.9 Å². The van der Waals surface area contributed by atoms with E-state index in [-0.39, 0.29) is 18.2 Å². The van der Waals surface area contributed by atoms with E-state index in [1.807, 2.05) is 25.1 Å². The van der Waals surface area contributed by atoms with Crippen LogP contribution < -0.4 is 10.6 Å². The Hall–Kier alpha value is -1.36. The van der Waals surface area contributed by atoms with Gasteiger partial charge in [0.15, 0.2) is 0 Å². The van der Waals surface area contributed by atoms with Gasteiger partial charge in [-0.25, -0.2) is 0 Å². The van der Waals surface area contributed by atoms with E-state index in [1.165, 1.54) is 0 Å².